The van der Waals surface area contributed by atoms with Gasteiger partial charge in [-0.1, -0.05) is 0 Å². The van der Waals surface area contributed by atoms with E-state index in [-0.39, 0.29) is 0 Å². The van der Waals surface area contributed by atoms with Crippen LogP contribution in [-0.4, -0.2) is 3.21 Å². The van der Waals surface area contributed by atoms with Crippen molar-refractivity contribution in [2.24, 2.45) is 0 Å². The van der Waals surface area contributed by atoms with Gasteiger partial charge in [0.2, 0.25) is 0 Å². The summed E-state index contributed by atoms with van der Waals surface area (Å²) in [6.07, 6.45) is 12.9. The number of fused-ring (bicyclic) bond motifs is 1. The summed E-state index contributed by atoms with van der Waals surface area (Å²) in [5.74, 6) is 0. The summed E-state index contributed by atoms with van der Waals surface area (Å²) in [6, 6.07) is 19.9. The van der Waals surface area contributed by atoms with Crippen LogP contribution in [0.15, 0.2) is 82.2 Å². The molecule has 0 heterocycles. The Morgan fingerprint density at radius 2 is 1.78 bits per heavy atom. The second-order valence-electron chi connectivity index (χ2n) is 6.19. The van der Waals surface area contributed by atoms with Gasteiger partial charge in [0.05, 0.1) is 0 Å². The van der Waals surface area contributed by atoms with Crippen LogP contribution in [0.5, 0.6) is 0 Å². The molecule has 2 aromatic carbocycles. The molecule has 0 saturated carbocycles. The summed E-state index contributed by atoms with van der Waals surface area (Å²) in [6.45, 7) is 2.39. The van der Waals surface area contributed by atoms with Crippen LogP contribution in [0.25, 0.3) is 6.08 Å². The van der Waals surface area contributed by atoms with Crippen molar-refractivity contribution in [1.82, 2.24) is 0 Å². The van der Waals surface area contributed by atoms with E-state index in [1.54, 1.807) is 12.1 Å². The van der Waals surface area contributed by atoms with Crippen molar-refractivity contribution in [2.45, 2.75) is 17.0 Å². The molecular weight excluding hydrogens is 355 g/mol. The van der Waals surface area contributed by atoms with Crippen molar-refractivity contribution < 1.29 is 21.3 Å². The number of allylic oxidation sites excluding steroid dienone is 5. The van der Waals surface area contributed by atoms with Crippen molar-refractivity contribution in [3.05, 3.63) is 98.9 Å². The van der Waals surface area contributed by atoms with Gasteiger partial charge in [-0.3, -0.25) is 0 Å². The summed E-state index contributed by atoms with van der Waals surface area (Å²) >= 11 is -1.98. The molecular formula is C22H20Zr. The van der Waals surface area contributed by atoms with Crippen LogP contribution in [0.1, 0.15) is 33.7 Å². The van der Waals surface area contributed by atoms with Gasteiger partial charge >= 0.3 is 146 Å². The normalized spacial score (nSPS) is 19.5. The van der Waals surface area contributed by atoms with Crippen molar-refractivity contribution in [3.8, 4) is 0 Å². The van der Waals surface area contributed by atoms with Gasteiger partial charge in [0.1, 0.15) is 0 Å². The number of benzene rings is 2. The Hall–Kier alpha value is -1.59. The van der Waals surface area contributed by atoms with Gasteiger partial charge in [0, 0.05) is 0 Å². The first-order valence-corrected chi connectivity index (χ1v) is 12.1. The fourth-order valence-electron chi connectivity index (χ4n) is 3.67. The predicted octanol–water partition coefficient (Wildman–Crippen LogP) is 5.46. The molecule has 2 aromatic rings. The molecule has 2 aliphatic carbocycles. The Labute approximate surface area is 146 Å². The summed E-state index contributed by atoms with van der Waals surface area (Å²) in [7, 11) is 0. The number of hydrogen-bond acceptors (Lipinski definition) is 0. The molecule has 1 atom stereocenters. The zero-order valence-corrected chi connectivity index (χ0v) is 15.8. The summed E-state index contributed by atoms with van der Waals surface area (Å²) in [4.78, 5) is 0. The van der Waals surface area contributed by atoms with Gasteiger partial charge < -0.3 is 0 Å². The summed E-state index contributed by atoms with van der Waals surface area (Å²) < 4.78 is 4.02. The van der Waals surface area contributed by atoms with E-state index in [2.05, 4.69) is 91.9 Å². The molecule has 0 amide bonds. The fraction of sp³-hybridized carbons (Fsp3) is 0.136. The Bertz CT molecular complexity index is 851. The van der Waals surface area contributed by atoms with Crippen LogP contribution in [0.4, 0.5) is 0 Å². The number of hydrogen-bond donors (Lipinski definition) is 0. The van der Waals surface area contributed by atoms with E-state index >= 15 is 0 Å². The second-order valence-corrected chi connectivity index (χ2v) is 13.2. The average Bonchev–Trinajstić information content (AvgIpc) is 3.27. The molecule has 1 unspecified atom stereocenters. The second kappa shape index (κ2) is 6.50. The molecule has 4 rings (SSSR count). The predicted molar refractivity (Wildman–Crippen MR) is 96.3 cm³/mol. The van der Waals surface area contributed by atoms with Crippen LogP contribution < -0.4 is 0 Å². The minimum atomic E-state index is -1.98. The Morgan fingerprint density at radius 1 is 1.00 bits per heavy atom. The van der Waals surface area contributed by atoms with Gasteiger partial charge in [-0.2, -0.15) is 0 Å². The quantitative estimate of drug-likeness (QED) is 0.668. The maximum atomic E-state index is 2.48. The Morgan fingerprint density at radius 3 is 2.57 bits per heavy atom. The first-order valence-electron chi connectivity index (χ1n) is 8.24. The fourth-order valence-corrected chi connectivity index (χ4v) is 11.8. The molecule has 0 nitrogen and oxygen atoms in total. The van der Waals surface area contributed by atoms with E-state index in [4.69, 9.17) is 0 Å². The van der Waals surface area contributed by atoms with Gasteiger partial charge in [0.25, 0.3) is 0 Å². The third-order valence-electron chi connectivity index (χ3n) is 4.84. The van der Waals surface area contributed by atoms with Gasteiger partial charge in [-0.05, 0) is 0 Å². The summed E-state index contributed by atoms with van der Waals surface area (Å²) in [5, 5.41) is 0. The zero-order chi connectivity index (χ0) is 15.6. The van der Waals surface area contributed by atoms with Crippen LogP contribution in [0, 0.1) is 0 Å². The van der Waals surface area contributed by atoms with Crippen molar-refractivity contribution in [1.29, 1.82) is 0 Å². The topological polar surface area (TPSA) is 0 Å². The molecule has 0 saturated heterocycles. The molecule has 0 fully saturated rings. The van der Waals surface area contributed by atoms with E-state index in [9.17, 15) is 0 Å². The van der Waals surface area contributed by atoms with Crippen molar-refractivity contribution in [3.63, 3.8) is 0 Å². The van der Waals surface area contributed by atoms with E-state index < -0.39 is 21.3 Å². The SMILES string of the molecule is C/[C](c1ccccc1)=[Zr](/[C]1=CC=CC1)[CH]1C=Cc2ccccc21. The van der Waals surface area contributed by atoms with Gasteiger partial charge in [0.15, 0.2) is 0 Å². The van der Waals surface area contributed by atoms with Crippen LogP contribution >= 0.6 is 0 Å². The zero-order valence-electron chi connectivity index (χ0n) is 13.4. The molecule has 1 heteroatoms. The summed E-state index contributed by atoms with van der Waals surface area (Å²) in [5.41, 5.74) is 4.40. The van der Waals surface area contributed by atoms with Gasteiger partial charge in [-0.15, -0.1) is 0 Å². The molecule has 2 aliphatic rings. The minimum absolute atomic E-state index is 0.639. The molecule has 0 radical (unpaired) electrons. The van der Waals surface area contributed by atoms with E-state index in [1.807, 2.05) is 0 Å². The maximum absolute atomic E-state index is 2.48. The van der Waals surface area contributed by atoms with Crippen molar-refractivity contribution >= 4 is 9.28 Å². The third kappa shape index (κ3) is 2.83. The van der Waals surface area contributed by atoms with Crippen molar-refractivity contribution in [2.75, 3.05) is 0 Å². The monoisotopic (exact) mass is 374 g/mol. The molecule has 23 heavy (non-hydrogen) atoms. The average molecular weight is 376 g/mol. The van der Waals surface area contributed by atoms with E-state index in [1.165, 1.54) is 11.1 Å². The molecule has 0 aliphatic heterocycles. The first kappa shape index (κ1) is 15.0. The first-order chi connectivity index (χ1) is 11.3. The van der Waals surface area contributed by atoms with Gasteiger partial charge in [-0.25, -0.2) is 0 Å². The molecule has 0 spiro atoms. The number of rotatable bonds is 3. The molecule has 112 valence electrons. The standard InChI is InChI=1S/C9H7.C8H8.C5H5.Zr/c1-2-5-9-7-3-6-8(9)4-1;1-2-8-6-4-3-5-7-8;1-2-4-5-3-1;/h1-7H;3-7H,1H3;1-3H,4H2;. The van der Waals surface area contributed by atoms with E-state index in [0.29, 0.717) is 3.63 Å². The Balaban J connectivity index is 1.87. The third-order valence-corrected chi connectivity index (χ3v) is 12.9. The van der Waals surface area contributed by atoms with E-state index in [0.717, 1.165) is 6.42 Å². The van der Waals surface area contributed by atoms with Crippen LogP contribution in [-0.2, 0) is 21.3 Å². The molecule has 0 aromatic heterocycles. The van der Waals surface area contributed by atoms with Crippen LogP contribution in [0.2, 0.25) is 0 Å². The molecule has 0 bridgehead atoms. The Kier molecular flexibility index (Phi) is 4.23. The van der Waals surface area contributed by atoms with Crippen LogP contribution in [0.3, 0.4) is 0 Å². The molecule has 0 N–H and O–H groups in total.